The molecule has 2 rings (SSSR count). The van der Waals surface area contributed by atoms with Crippen LogP contribution in [0.25, 0.3) is 0 Å². The number of hydrogen-bond acceptors (Lipinski definition) is 2. The highest BCUT2D eigenvalue weighted by Crippen LogP contribution is 2.31. The maximum Gasteiger partial charge on any atom is 0.126 e. The highest BCUT2D eigenvalue weighted by Gasteiger charge is 2.36. The molecular formula is C15H20F2O2. The SMILES string of the molecule is CC(C)C1CC(O)(Cc2cc(F)cc(F)c2)CCO1. The van der Waals surface area contributed by atoms with E-state index in [1.807, 2.05) is 13.8 Å². The van der Waals surface area contributed by atoms with Crippen LogP contribution in [0.4, 0.5) is 8.78 Å². The number of benzene rings is 1. The normalized spacial score (nSPS) is 27.8. The zero-order chi connectivity index (χ0) is 14.0. The number of halogens is 2. The molecule has 1 aliphatic heterocycles. The minimum Gasteiger partial charge on any atom is -0.389 e. The van der Waals surface area contributed by atoms with Gasteiger partial charge < -0.3 is 9.84 Å². The fourth-order valence-corrected chi connectivity index (χ4v) is 2.62. The molecule has 0 bridgehead atoms. The molecule has 2 atom stereocenters. The van der Waals surface area contributed by atoms with Gasteiger partial charge in [-0.05, 0) is 30.0 Å². The van der Waals surface area contributed by atoms with Crippen LogP contribution in [0.3, 0.4) is 0 Å². The molecule has 2 unspecified atom stereocenters. The summed E-state index contributed by atoms with van der Waals surface area (Å²) in [6.07, 6.45) is 1.25. The number of rotatable bonds is 3. The van der Waals surface area contributed by atoms with Crippen LogP contribution in [0.15, 0.2) is 18.2 Å². The molecule has 0 aliphatic carbocycles. The van der Waals surface area contributed by atoms with Crippen molar-refractivity contribution in [2.45, 2.75) is 44.8 Å². The average Bonchev–Trinajstić information content (AvgIpc) is 2.26. The lowest BCUT2D eigenvalue weighted by Crippen LogP contribution is -2.44. The quantitative estimate of drug-likeness (QED) is 0.914. The van der Waals surface area contributed by atoms with Gasteiger partial charge in [-0.2, -0.15) is 0 Å². The zero-order valence-electron chi connectivity index (χ0n) is 11.3. The van der Waals surface area contributed by atoms with Crippen molar-refractivity contribution in [3.05, 3.63) is 35.4 Å². The summed E-state index contributed by atoms with van der Waals surface area (Å²) in [7, 11) is 0. The van der Waals surface area contributed by atoms with Crippen molar-refractivity contribution in [3.8, 4) is 0 Å². The molecule has 106 valence electrons. The Labute approximate surface area is 112 Å². The van der Waals surface area contributed by atoms with Crippen molar-refractivity contribution in [1.82, 2.24) is 0 Å². The van der Waals surface area contributed by atoms with Gasteiger partial charge in [-0.15, -0.1) is 0 Å². The molecule has 0 amide bonds. The van der Waals surface area contributed by atoms with Gasteiger partial charge in [-0.3, -0.25) is 0 Å². The molecule has 1 aliphatic rings. The van der Waals surface area contributed by atoms with Crippen molar-refractivity contribution in [2.75, 3.05) is 6.61 Å². The molecule has 1 N–H and O–H groups in total. The first kappa shape index (κ1) is 14.4. The van der Waals surface area contributed by atoms with Crippen molar-refractivity contribution in [2.24, 2.45) is 5.92 Å². The summed E-state index contributed by atoms with van der Waals surface area (Å²) in [5, 5.41) is 10.6. The van der Waals surface area contributed by atoms with E-state index < -0.39 is 17.2 Å². The standard InChI is InChI=1S/C15H20F2O2/c1-10(2)14-9-15(18,3-4-19-14)8-11-5-12(16)7-13(17)6-11/h5-7,10,14,18H,3-4,8-9H2,1-2H3. The van der Waals surface area contributed by atoms with Crippen LogP contribution in [-0.4, -0.2) is 23.4 Å². The Morgan fingerprint density at radius 1 is 1.32 bits per heavy atom. The van der Waals surface area contributed by atoms with E-state index in [9.17, 15) is 13.9 Å². The Hall–Kier alpha value is -1.00. The van der Waals surface area contributed by atoms with Crippen molar-refractivity contribution in [1.29, 1.82) is 0 Å². The van der Waals surface area contributed by atoms with Gasteiger partial charge in [-0.1, -0.05) is 13.8 Å². The Morgan fingerprint density at radius 3 is 2.53 bits per heavy atom. The van der Waals surface area contributed by atoms with Gasteiger partial charge in [0.1, 0.15) is 11.6 Å². The number of ether oxygens (including phenoxy) is 1. The maximum absolute atomic E-state index is 13.2. The third-order valence-electron chi connectivity index (χ3n) is 3.68. The van der Waals surface area contributed by atoms with Crippen LogP contribution < -0.4 is 0 Å². The first-order valence-corrected chi connectivity index (χ1v) is 6.67. The zero-order valence-corrected chi connectivity index (χ0v) is 11.3. The van der Waals surface area contributed by atoms with Crippen molar-refractivity contribution >= 4 is 0 Å². The van der Waals surface area contributed by atoms with Crippen LogP contribution in [0.2, 0.25) is 0 Å². The molecule has 1 heterocycles. The lowest BCUT2D eigenvalue weighted by atomic mass is 9.82. The largest absolute Gasteiger partial charge is 0.389 e. The van der Waals surface area contributed by atoms with Gasteiger partial charge in [0.2, 0.25) is 0 Å². The molecule has 1 fully saturated rings. The predicted octanol–water partition coefficient (Wildman–Crippen LogP) is 3.07. The minimum absolute atomic E-state index is 0.00263. The predicted molar refractivity (Wildman–Crippen MR) is 68.8 cm³/mol. The van der Waals surface area contributed by atoms with Crippen LogP contribution in [-0.2, 0) is 11.2 Å². The molecule has 19 heavy (non-hydrogen) atoms. The van der Waals surface area contributed by atoms with Crippen LogP contribution in [0.1, 0.15) is 32.3 Å². The van der Waals surface area contributed by atoms with Crippen molar-refractivity contribution in [3.63, 3.8) is 0 Å². The van der Waals surface area contributed by atoms with Gasteiger partial charge in [0, 0.05) is 25.5 Å². The third-order valence-corrected chi connectivity index (χ3v) is 3.68. The molecule has 2 nitrogen and oxygen atoms in total. The minimum atomic E-state index is -0.937. The fourth-order valence-electron chi connectivity index (χ4n) is 2.62. The molecular weight excluding hydrogens is 250 g/mol. The summed E-state index contributed by atoms with van der Waals surface area (Å²) < 4.78 is 31.9. The fraction of sp³-hybridized carbons (Fsp3) is 0.600. The van der Waals surface area contributed by atoms with E-state index >= 15 is 0 Å². The van der Waals surface area contributed by atoms with Gasteiger partial charge in [0.05, 0.1) is 11.7 Å². The first-order chi connectivity index (χ1) is 8.88. The first-order valence-electron chi connectivity index (χ1n) is 6.67. The summed E-state index contributed by atoms with van der Waals surface area (Å²) in [5.41, 5.74) is -0.447. The molecule has 1 aromatic rings. The summed E-state index contributed by atoms with van der Waals surface area (Å²) in [6.45, 7) is 4.56. The highest BCUT2D eigenvalue weighted by atomic mass is 19.1. The summed E-state index contributed by atoms with van der Waals surface area (Å²) in [6, 6.07) is 3.40. The smallest absolute Gasteiger partial charge is 0.126 e. The molecule has 0 saturated carbocycles. The highest BCUT2D eigenvalue weighted by molar-refractivity contribution is 5.20. The molecule has 0 radical (unpaired) electrons. The van der Waals surface area contributed by atoms with Crippen LogP contribution >= 0.6 is 0 Å². The summed E-state index contributed by atoms with van der Waals surface area (Å²) in [4.78, 5) is 0. The van der Waals surface area contributed by atoms with Crippen LogP contribution in [0, 0.1) is 17.6 Å². The van der Waals surface area contributed by atoms with Gasteiger partial charge >= 0.3 is 0 Å². The Balaban J connectivity index is 2.12. The van der Waals surface area contributed by atoms with Gasteiger partial charge in [0.15, 0.2) is 0 Å². The number of aliphatic hydroxyl groups is 1. The third kappa shape index (κ3) is 3.74. The second kappa shape index (κ2) is 5.55. The lowest BCUT2D eigenvalue weighted by molar-refractivity contribution is -0.116. The second-order valence-electron chi connectivity index (χ2n) is 5.79. The molecule has 4 heteroatoms. The Morgan fingerprint density at radius 2 is 1.95 bits per heavy atom. The topological polar surface area (TPSA) is 29.5 Å². The molecule has 1 saturated heterocycles. The van der Waals surface area contributed by atoms with E-state index in [1.54, 1.807) is 0 Å². The van der Waals surface area contributed by atoms with Crippen LogP contribution in [0.5, 0.6) is 0 Å². The van der Waals surface area contributed by atoms with E-state index in [0.29, 0.717) is 30.9 Å². The van der Waals surface area contributed by atoms with E-state index in [-0.39, 0.29) is 12.5 Å². The molecule has 0 spiro atoms. The summed E-state index contributed by atoms with van der Waals surface area (Å²) in [5.74, 6) is -0.895. The maximum atomic E-state index is 13.2. The van der Waals surface area contributed by atoms with E-state index in [0.717, 1.165) is 6.07 Å². The average molecular weight is 270 g/mol. The Kier molecular flexibility index (Phi) is 4.21. The number of hydrogen-bond donors (Lipinski definition) is 1. The van der Waals surface area contributed by atoms with Gasteiger partial charge in [-0.25, -0.2) is 8.78 Å². The van der Waals surface area contributed by atoms with E-state index in [4.69, 9.17) is 4.74 Å². The Bertz CT molecular complexity index is 428. The molecule has 0 aromatic heterocycles. The second-order valence-corrected chi connectivity index (χ2v) is 5.79. The van der Waals surface area contributed by atoms with E-state index in [2.05, 4.69) is 0 Å². The van der Waals surface area contributed by atoms with E-state index in [1.165, 1.54) is 12.1 Å². The van der Waals surface area contributed by atoms with Crippen molar-refractivity contribution < 1.29 is 18.6 Å². The lowest BCUT2D eigenvalue weighted by Gasteiger charge is -2.38. The van der Waals surface area contributed by atoms with Gasteiger partial charge in [0.25, 0.3) is 0 Å². The molecule has 1 aromatic carbocycles. The summed E-state index contributed by atoms with van der Waals surface area (Å²) >= 11 is 0. The monoisotopic (exact) mass is 270 g/mol.